The van der Waals surface area contributed by atoms with Crippen LogP contribution < -0.4 is 5.32 Å². The molecule has 1 unspecified atom stereocenters. The molecule has 3 nitrogen and oxygen atoms in total. The summed E-state index contributed by atoms with van der Waals surface area (Å²) in [7, 11) is 0. The Kier molecular flexibility index (Phi) is 6.46. The Morgan fingerprint density at radius 1 is 1.26 bits per heavy atom. The van der Waals surface area contributed by atoms with Crippen molar-refractivity contribution >= 4 is 0 Å². The van der Waals surface area contributed by atoms with Crippen LogP contribution in [0, 0.1) is 5.92 Å². The van der Waals surface area contributed by atoms with E-state index in [0.717, 1.165) is 25.3 Å². The summed E-state index contributed by atoms with van der Waals surface area (Å²) in [6.45, 7) is 12.6. The molecule has 0 aliphatic heterocycles. The number of nitrogens with one attached hydrogen (secondary N) is 1. The second-order valence-electron chi connectivity index (χ2n) is 6.36. The van der Waals surface area contributed by atoms with Gasteiger partial charge in [0.15, 0.2) is 0 Å². The van der Waals surface area contributed by atoms with Gasteiger partial charge in [-0.25, -0.2) is 0 Å². The minimum atomic E-state index is 0.136. The first-order valence-corrected chi connectivity index (χ1v) is 7.15. The minimum Gasteiger partial charge on any atom is -0.376 e. The van der Waals surface area contributed by atoms with E-state index in [9.17, 15) is 0 Å². The SMILES string of the molecule is CC(C)C(CNC(C)(C)C)OCCc1ccccn1. The number of hydrogen-bond acceptors (Lipinski definition) is 3. The average Bonchev–Trinajstić information content (AvgIpc) is 2.33. The lowest BCUT2D eigenvalue weighted by molar-refractivity contribution is 0.0206. The number of aromatic nitrogens is 1. The molecule has 108 valence electrons. The molecule has 0 fully saturated rings. The summed E-state index contributed by atoms with van der Waals surface area (Å²) in [4.78, 5) is 4.31. The normalized spacial score (nSPS) is 13.8. The number of hydrogen-bond donors (Lipinski definition) is 1. The molecule has 0 aromatic carbocycles. The summed E-state index contributed by atoms with van der Waals surface area (Å²) in [6, 6.07) is 6.00. The van der Waals surface area contributed by atoms with E-state index >= 15 is 0 Å². The Hall–Kier alpha value is -0.930. The molecule has 0 radical (unpaired) electrons. The highest BCUT2D eigenvalue weighted by atomic mass is 16.5. The van der Waals surface area contributed by atoms with Crippen LogP contribution in [0.3, 0.4) is 0 Å². The molecule has 3 heteroatoms. The van der Waals surface area contributed by atoms with E-state index in [1.54, 1.807) is 0 Å². The Labute approximate surface area is 117 Å². The fraction of sp³-hybridized carbons (Fsp3) is 0.688. The van der Waals surface area contributed by atoms with Crippen molar-refractivity contribution in [2.45, 2.75) is 52.7 Å². The molecule has 1 N–H and O–H groups in total. The second-order valence-corrected chi connectivity index (χ2v) is 6.36. The van der Waals surface area contributed by atoms with Gasteiger partial charge in [-0.3, -0.25) is 4.98 Å². The number of ether oxygens (including phenoxy) is 1. The lowest BCUT2D eigenvalue weighted by Crippen LogP contribution is -2.43. The Morgan fingerprint density at radius 2 is 2.00 bits per heavy atom. The van der Waals surface area contributed by atoms with Gasteiger partial charge < -0.3 is 10.1 Å². The Morgan fingerprint density at radius 3 is 2.53 bits per heavy atom. The van der Waals surface area contributed by atoms with Crippen LogP contribution in [0.1, 0.15) is 40.3 Å². The third-order valence-corrected chi connectivity index (χ3v) is 2.99. The van der Waals surface area contributed by atoms with Crippen LogP contribution in [-0.2, 0) is 11.2 Å². The van der Waals surface area contributed by atoms with Crippen molar-refractivity contribution in [2.24, 2.45) is 5.92 Å². The zero-order valence-corrected chi connectivity index (χ0v) is 12.9. The largest absolute Gasteiger partial charge is 0.376 e. The topological polar surface area (TPSA) is 34.1 Å². The van der Waals surface area contributed by atoms with E-state index in [1.807, 2.05) is 24.4 Å². The molecular formula is C16H28N2O. The predicted molar refractivity (Wildman–Crippen MR) is 80.3 cm³/mol. The summed E-state index contributed by atoms with van der Waals surface area (Å²) in [6.07, 6.45) is 2.96. The van der Waals surface area contributed by atoms with E-state index in [4.69, 9.17) is 4.74 Å². The van der Waals surface area contributed by atoms with E-state index in [0.29, 0.717) is 5.92 Å². The quantitative estimate of drug-likeness (QED) is 0.822. The maximum atomic E-state index is 6.00. The van der Waals surface area contributed by atoms with Crippen molar-refractivity contribution in [3.8, 4) is 0 Å². The van der Waals surface area contributed by atoms with Crippen LogP contribution in [0.15, 0.2) is 24.4 Å². The third kappa shape index (κ3) is 7.28. The van der Waals surface area contributed by atoms with Crippen LogP contribution >= 0.6 is 0 Å². The molecule has 0 saturated carbocycles. The Balaban J connectivity index is 2.34. The molecule has 0 spiro atoms. The molecule has 1 atom stereocenters. The summed E-state index contributed by atoms with van der Waals surface area (Å²) in [5.41, 5.74) is 1.23. The summed E-state index contributed by atoms with van der Waals surface area (Å²) in [5.74, 6) is 0.513. The smallest absolute Gasteiger partial charge is 0.0722 e. The number of nitrogens with zero attached hydrogens (tertiary/aromatic N) is 1. The van der Waals surface area contributed by atoms with Crippen molar-refractivity contribution in [3.05, 3.63) is 30.1 Å². The van der Waals surface area contributed by atoms with Gasteiger partial charge in [0.2, 0.25) is 0 Å². The lowest BCUT2D eigenvalue weighted by Gasteiger charge is -2.27. The van der Waals surface area contributed by atoms with Crippen molar-refractivity contribution in [1.29, 1.82) is 0 Å². The van der Waals surface area contributed by atoms with Crippen LogP contribution in [0.2, 0.25) is 0 Å². The number of rotatable bonds is 7. The zero-order valence-electron chi connectivity index (χ0n) is 12.9. The van der Waals surface area contributed by atoms with E-state index < -0.39 is 0 Å². The average molecular weight is 264 g/mol. The van der Waals surface area contributed by atoms with Gasteiger partial charge in [0.1, 0.15) is 0 Å². The molecule has 0 aliphatic rings. The van der Waals surface area contributed by atoms with Crippen molar-refractivity contribution < 1.29 is 4.74 Å². The molecular weight excluding hydrogens is 236 g/mol. The molecule has 0 saturated heterocycles. The molecule has 19 heavy (non-hydrogen) atoms. The molecule has 0 aliphatic carbocycles. The fourth-order valence-corrected chi connectivity index (χ4v) is 1.75. The first-order valence-electron chi connectivity index (χ1n) is 7.15. The zero-order chi connectivity index (χ0) is 14.3. The van der Waals surface area contributed by atoms with Crippen molar-refractivity contribution in [3.63, 3.8) is 0 Å². The highest BCUT2D eigenvalue weighted by molar-refractivity contribution is 5.03. The fourth-order valence-electron chi connectivity index (χ4n) is 1.75. The van der Waals surface area contributed by atoms with E-state index in [-0.39, 0.29) is 11.6 Å². The van der Waals surface area contributed by atoms with Gasteiger partial charge >= 0.3 is 0 Å². The maximum Gasteiger partial charge on any atom is 0.0722 e. The predicted octanol–water partition coefficient (Wildman–Crippen LogP) is 3.05. The van der Waals surface area contributed by atoms with Crippen molar-refractivity contribution in [1.82, 2.24) is 10.3 Å². The minimum absolute atomic E-state index is 0.136. The highest BCUT2D eigenvalue weighted by Gasteiger charge is 2.17. The van der Waals surface area contributed by atoms with Crippen LogP contribution in [0.5, 0.6) is 0 Å². The van der Waals surface area contributed by atoms with Gasteiger partial charge in [0.05, 0.1) is 12.7 Å². The summed E-state index contributed by atoms with van der Waals surface area (Å²) < 4.78 is 6.00. The van der Waals surface area contributed by atoms with Gasteiger partial charge in [-0.2, -0.15) is 0 Å². The lowest BCUT2D eigenvalue weighted by atomic mass is 10.0. The molecule has 0 bridgehead atoms. The third-order valence-electron chi connectivity index (χ3n) is 2.99. The van der Waals surface area contributed by atoms with E-state index in [1.165, 1.54) is 0 Å². The number of pyridine rings is 1. The van der Waals surface area contributed by atoms with Gasteiger partial charge in [-0.15, -0.1) is 0 Å². The monoisotopic (exact) mass is 264 g/mol. The maximum absolute atomic E-state index is 6.00. The van der Waals surface area contributed by atoms with Gasteiger partial charge in [-0.1, -0.05) is 19.9 Å². The standard InChI is InChI=1S/C16H28N2O/c1-13(2)15(12-18-16(3,4)5)19-11-9-14-8-6-7-10-17-14/h6-8,10,13,15,18H,9,11-12H2,1-5H3. The van der Waals surface area contributed by atoms with Gasteiger partial charge in [-0.05, 0) is 38.8 Å². The highest BCUT2D eigenvalue weighted by Crippen LogP contribution is 2.09. The second kappa shape index (κ2) is 7.61. The molecule has 1 rings (SSSR count). The van der Waals surface area contributed by atoms with Gasteiger partial charge in [0, 0.05) is 30.4 Å². The molecule has 1 aromatic rings. The van der Waals surface area contributed by atoms with Crippen LogP contribution in [0.25, 0.3) is 0 Å². The molecule has 0 amide bonds. The van der Waals surface area contributed by atoms with Gasteiger partial charge in [0.25, 0.3) is 0 Å². The first kappa shape index (κ1) is 16.1. The first-order chi connectivity index (χ1) is 8.88. The van der Waals surface area contributed by atoms with Crippen molar-refractivity contribution in [2.75, 3.05) is 13.2 Å². The Bertz CT molecular complexity index is 344. The van der Waals surface area contributed by atoms with E-state index in [2.05, 4.69) is 44.9 Å². The summed E-state index contributed by atoms with van der Waals surface area (Å²) >= 11 is 0. The summed E-state index contributed by atoms with van der Waals surface area (Å²) in [5, 5.41) is 3.51. The molecule has 1 heterocycles. The van der Waals surface area contributed by atoms with Crippen LogP contribution in [0.4, 0.5) is 0 Å². The van der Waals surface area contributed by atoms with Crippen LogP contribution in [-0.4, -0.2) is 29.8 Å². The molecule has 1 aromatic heterocycles.